The molecule has 0 aromatic heterocycles. The van der Waals surface area contributed by atoms with Crippen molar-refractivity contribution in [2.24, 2.45) is 16.5 Å². The van der Waals surface area contributed by atoms with E-state index in [4.69, 9.17) is 16.2 Å². The Kier molecular flexibility index (Phi) is 17.9. The van der Waals surface area contributed by atoms with Crippen LogP contribution in [0.4, 0.5) is 0 Å². The lowest BCUT2D eigenvalue weighted by molar-refractivity contribution is -0.150. The molecule has 0 spiro atoms. The van der Waals surface area contributed by atoms with Gasteiger partial charge in [-0.1, -0.05) is 30.3 Å². The molecule has 262 valence electrons. The van der Waals surface area contributed by atoms with Gasteiger partial charge in [-0.2, -0.15) is 0 Å². The fourth-order valence-electron chi connectivity index (χ4n) is 4.90. The summed E-state index contributed by atoms with van der Waals surface area (Å²) in [6, 6.07) is 5.24. The zero-order valence-corrected chi connectivity index (χ0v) is 28.3. The number of halogens is 1. The molecule has 1 aromatic carbocycles. The number of likely N-dealkylation sites (tertiary alicyclic amines) is 1. The van der Waals surface area contributed by atoms with Crippen LogP contribution in [0.2, 0.25) is 0 Å². The lowest BCUT2D eigenvalue weighted by Gasteiger charge is -2.24. The van der Waals surface area contributed by atoms with Crippen molar-refractivity contribution in [1.82, 2.24) is 26.2 Å². The van der Waals surface area contributed by atoms with Gasteiger partial charge < -0.3 is 42.4 Å². The number of methoxy groups -OCH3 is 1. The van der Waals surface area contributed by atoms with Crippen molar-refractivity contribution in [2.75, 3.05) is 20.2 Å². The number of carbonyl (C=O) groups excluding carboxylic acids is 6. The fraction of sp³-hybridized carbons (Fsp3) is 0.581. The van der Waals surface area contributed by atoms with E-state index in [0.29, 0.717) is 12.8 Å². The normalized spacial score (nSPS) is 16.4. The number of ether oxygens (including phenoxy) is 1. The van der Waals surface area contributed by atoms with Crippen LogP contribution in [-0.4, -0.2) is 96.8 Å². The zero-order chi connectivity index (χ0) is 34.2. The number of esters is 1. The highest BCUT2D eigenvalue weighted by Gasteiger charge is 2.38. The second kappa shape index (κ2) is 20.7. The number of nitrogens with zero attached hydrogens (tertiary/aromatic N) is 2. The van der Waals surface area contributed by atoms with Crippen LogP contribution >= 0.6 is 12.4 Å². The van der Waals surface area contributed by atoms with Crippen LogP contribution in [0.1, 0.15) is 64.9 Å². The first-order valence-electron chi connectivity index (χ1n) is 15.5. The van der Waals surface area contributed by atoms with E-state index in [2.05, 4.69) is 26.3 Å². The van der Waals surface area contributed by atoms with Gasteiger partial charge >= 0.3 is 5.97 Å². The third kappa shape index (κ3) is 13.9. The van der Waals surface area contributed by atoms with Gasteiger partial charge in [0.25, 0.3) is 0 Å². The van der Waals surface area contributed by atoms with Gasteiger partial charge in [0, 0.05) is 19.5 Å². The standard InChI is InChI=1S/C31H48N8O7.ClH/c1-19(35-25(40)15-9-8-13-22-11-6-5-7-12-22)26(41)37-23(14-10-17-34-31(32)33)28(43)36-20(2)27(42)38-24-16-18-39(29(24)44)21(3)30(45)46-4;/h5-7,11-12,19-21,23-24H,8-10,13-18H2,1-4H3,(H,35,40)(H,36,43)(H,37,41)(H,38,42)(H4,32,33,34);1H/t19-,20-,21-,23-,24+;/m0./s1. The first-order valence-corrected chi connectivity index (χ1v) is 15.5. The van der Waals surface area contributed by atoms with Gasteiger partial charge in [-0.05, 0) is 64.9 Å². The highest BCUT2D eigenvalue weighted by Crippen LogP contribution is 2.16. The predicted molar refractivity (Wildman–Crippen MR) is 178 cm³/mol. The molecule has 1 aliphatic heterocycles. The maximum absolute atomic E-state index is 13.2. The minimum absolute atomic E-state index is 0. The van der Waals surface area contributed by atoms with E-state index in [1.165, 1.54) is 38.3 Å². The topological polar surface area (TPSA) is 227 Å². The molecule has 0 bridgehead atoms. The molecular formula is C31H49ClN8O7. The van der Waals surface area contributed by atoms with E-state index in [0.717, 1.165) is 12.8 Å². The average Bonchev–Trinajstić information content (AvgIpc) is 3.39. The summed E-state index contributed by atoms with van der Waals surface area (Å²) in [5, 5.41) is 10.5. The molecule has 1 fully saturated rings. The summed E-state index contributed by atoms with van der Waals surface area (Å²) in [7, 11) is 1.23. The summed E-state index contributed by atoms with van der Waals surface area (Å²) in [5.74, 6) is -3.22. The van der Waals surface area contributed by atoms with E-state index in [1.54, 1.807) is 0 Å². The van der Waals surface area contributed by atoms with E-state index < -0.39 is 59.8 Å². The van der Waals surface area contributed by atoms with Crippen LogP contribution in [0.15, 0.2) is 35.3 Å². The molecule has 0 saturated carbocycles. The molecule has 5 atom stereocenters. The highest BCUT2D eigenvalue weighted by atomic mass is 35.5. The summed E-state index contributed by atoms with van der Waals surface area (Å²) < 4.78 is 4.70. The summed E-state index contributed by atoms with van der Waals surface area (Å²) >= 11 is 0. The number of aliphatic imine (C=N–C) groups is 1. The monoisotopic (exact) mass is 680 g/mol. The molecule has 1 heterocycles. The Morgan fingerprint density at radius 3 is 2.23 bits per heavy atom. The molecule has 16 heteroatoms. The number of nitrogens with two attached hydrogens (primary N) is 2. The SMILES string of the molecule is COC(=O)[C@H](C)N1CC[C@@H](NC(=O)[C@H](C)NC(=O)[C@H](CCCN=C(N)N)NC(=O)[C@H](C)NC(=O)CCCCc2ccccc2)C1=O.Cl. The number of amides is 5. The number of guanidine groups is 1. The van der Waals surface area contributed by atoms with Crippen LogP contribution in [0, 0.1) is 0 Å². The number of nitrogens with one attached hydrogen (secondary N) is 4. The van der Waals surface area contributed by atoms with Crippen LogP contribution < -0.4 is 32.7 Å². The molecule has 1 aliphatic rings. The molecular weight excluding hydrogens is 632 g/mol. The first kappa shape index (κ1) is 40.6. The van der Waals surface area contributed by atoms with Gasteiger partial charge in [-0.3, -0.25) is 29.0 Å². The number of rotatable bonds is 18. The third-order valence-electron chi connectivity index (χ3n) is 7.63. The Morgan fingerprint density at radius 2 is 1.60 bits per heavy atom. The van der Waals surface area contributed by atoms with Crippen molar-refractivity contribution >= 4 is 53.9 Å². The maximum atomic E-state index is 13.2. The Balaban J connectivity index is 0.0000110. The third-order valence-corrected chi connectivity index (χ3v) is 7.63. The Labute approximate surface area is 281 Å². The number of unbranched alkanes of at least 4 members (excludes halogenated alkanes) is 1. The molecule has 1 aromatic rings. The van der Waals surface area contributed by atoms with Gasteiger partial charge in [0.05, 0.1) is 7.11 Å². The quantitative estimate of drug-likeness (QED) is 0.0514. The van der Waals surface area contributed by atoms with Crippen molar-refractivity contribution in [1.29, 1.82) is 0 Å². The number of aryl methyl sites for hydroxylation is 1. The van der Waals surface area contributed by atoms with Gasteiger partial charge in [0.15, 0.2) is 5.96 Å². The van der Waals surface area contributed by atoms with Crippen molar-refractivity contribution in [2.45, 2.75) is 95.9 Å². The van der Waals surface area contributed by atoms with E-state index in [1.807, 2.05) is 30.3 Å². The predicted octanol–water partition coefficient (Wildman–Crippen LogP) is -0.352. The van der Waals surface area contributed by atoms with Gasteiger partial charge in [-0.15, -0.1) is 12.4 Å². The summed E-state index contributed by atoms with van der Waals surface area (Å²) in [4.78, 5) is 81.3. The van der Waals surface area contributed by atoms with E-state index >= 15 is 0 Å². The maximum Gasteiger partial charge on any atom is 0.328 e. The van der Waals surface area contributed by atoms with Crippen LogP contribution in [0.5, 0.6) is 0 Å². The second-order valence-electron chi connectivity index (χ2n) is 11.3. The largest absolute Gasteiger partial charge is 0.467 e. The molecule has 2 rings (SSSR count). The summed E-state index contributed by atoms with van der Waals surface area (Å²) in [5.41, 5.74) is 11.9. The number of hydrogen-bond acceptors (Lipinski definition) is 8. The fourth-order valence-corrected chi connectivity index (χ4v) is 4.90. The molecule has 1 saturated heterocycles. The van der Waals surface area contributed by atoms with Gasteiger partial charge in [0.2, 0.25) is 29.5 Å². The number of benzene rings is 1. The van der Waals surface area contributed by atoms with Crippen LogP contribution in [0.3, 0.4) is 0 Å². The second-order valence-corrected chi connectivity index (χ2v) is 11.3. The minimum atomic E-state index is -1.06. The van der Waals surface area contributed by atoms with Crippen LogP contribution in [0.25, 0.3) is 0 Å². The van der Waals surface area contributed by atoms with Gasteiger partial charge in [-0.25, -0.2) is 4.79 Å². The van der Waals surface area contributed by atoms with E-state index in [-0.39, 0.29) is 56.6 Å². The molecule has 47 heavy (non-hydrogen) atoms. The van der Waals surface area contributed by atoms with Crippen molar-refractivity contribution < 1.29 is 33.5 Å². The Bertz CT molecular complexity index is 1250. The average molecular weight is 681 g/mol. The zero-order valence-electron chi connectivity index (χ0n) is 27.5. The van der Waals surface area contributed by atoms with Crippen molar-refractivity contribution in [3.8, 4) is 0 Å². The lowest BCUT2D eigenvalue weighted by Crippen LogP contribution is -2.56. The summed E-state index contributed by atoms with van der Waals surface area (Å²) in [6.07, 6.45) is 3.34. The van der Waals surface area contributed by atoms with Gasteiger partial charge in [0.1, 0.15) is 30.2 Å². The molecule has 8 N–H and O–H groups in total. The molecule has 0 unspecified atom stereocenters. The Morgan fingerprint density at radius 1 is 0.936 bits per heavy atom. The Hall–Kier alpha value is -4.40. The first-order chi connectivity index (χ1) is 21.8. The number of carbonyl (C=O) groups is 6. The van der Waals surface area contributed by atoms with Crippen molar-refractivity contribution in [3.63, 3.8) is 0 Å². The van der Waals surface area contributed by atoms with Crippen LogP contribution in [-0.2, 0) is 39.9 Å². The molecule has 5 amide bonds. The molecule has 15 nitrogen and oxygen atoms in total. The van der Waals surface area contributed by atoms with Crippen molar-refractivity contribution in [3.05, 3.63) is 35.9 Å². The summed E-state index contributed by atoms with van der Waals surface area (Å²) in [6.45, 7) is 4.97. The van der Waals surface area contributed by atoms with E-state index in [9.17, 15) is 28.8 Å². The molecule has 0 radical (unpaired) electrons. The highest BCUT2D eigenvalue weighted by molar-refractivity contribution is 5.96. The molecule has 0 aliphatic carbocycles. The smallest absolute Gasteiger partial charge is 0.328 e. The minimum Gasteiger partial charge on any atom is -0.467 e. The number of hydrogen-bond donors (Lipinski definition) is 6. The lowest BCUT2D eigenvalue weighted by atomic mass is 10.1.